The Balaban J connectivity index is 1.67. The number of benzene rings is 1. The number of fused-ring (bicyclic) bond motifs is 2. The van der Waals surface area contributed by atoms with Gasteiger partial charge in [-0.3, -0.25) is 14.7 Å². The number of aromatic nitrogens is 1. The van der Waals surface area contributed by atoms with Crippen molar-refractivity contribution in [3.05, 3.63) is 63.5 Å². The van der Waals surface area contributed by atoms with Crippen molar-refractivity contribution < 1.29 is 14.3 Å². The molecule has 0 unspecified atom stereocenters. The molecule has 1 aliphatic heterocycles. The summed E-state index contributed by atoms with van der Waals surface area (Å²) in [5.74, 6) is -0.624. The summed E-state index contributed by atoms with van der Waals surface area (Å²) >= 11 is 1.35. The maximum Gasteiger partial charge on any atom is 0.339 e. The lowest BCUT2D eigenvalue weighted by molar-refractivity contribution is 0.0475. The number of rotatable bonds is 6. The molecule has 0 saturated heterocycles. The Morgan fingerprint density at radius 3 is 2.86 bits per heavy atom. The van der Waals surface area contributed by atoms with Gasteiger partial charge in [-0.25, -0.2) is 4.79 Å². The van der Waals surface area contributed by atoms with Crippen LogP contribution in [0, 0.1) is 0 Å². The van der Waals surface area contributed by atoms with Crippen LogP contribution >= 0.6 is 11.3 Å². The van der Waals surface area contributed by atoms with Gasteiger partial charge in [0, 0.05) is 36.2 Å². The van der Waals surface area contributed by atoms with Gasteiger partial charge in [-0.1, -0.05) is 31.2 Å². The summed E-state index contributed by atoms with van der Waals surface area (Å²) in [7, 11) is 0. The minimum Gasteiger partial charge on any atom is -0.454 e. The summed E-state index contributed by atoms with van der Waals surface area (Å²) in [4.78, 5) is 33.0. The summed E-state index contributed by atoms with van der Waals surface area (Å²) < 4.78 is 5.45. The molecule has 6 heteroatoms. The van der Waals surface area contributed by atoms with Crippen LogP contribution in [0.5, 0.6) is 0 Å². The highest BCUT2D eigenvalue weighted by Gasteiger charge is 2.26. The smallest absolute Gasteiger partial charge is 0.339 e. The Morgan fingerprint density at radius 2 is 2.07 bits per heavy atom. The van der Waals surface area contributed by atoms with Gasteiger partial charge in [0.25, 0.3) is 0 Å². The molecule has 0 N–H and O–H groups in total. The summed E-state index contributed by atoms with van der Waals surface area (Å²) in [5.41, 5.74) is 3.25. The van der Waals surface area contributed by atoms with Crippen LogP contribution in [0.2, 0.25) is 0 Å². The van der Waals surface area contributed by atoms with Crippen molar-refractivity contribution in [2.24, 2.45) is 0 Å². The zero-order chi connectivity index (χ0) is 19.5. The second-order valence-electron chi connectivity index (χ2n) is 6.93. The van der Waals surface area contributed by atoms with Crippen LogP contribution < -0.4 is 0 Å². The van der Waals surface area contributed by atoms with E-state index in [0.29, 0.717) is 17.0 Å². The number of Topliss-reactive ketones (excluding diaryl/α,β-unsaturated/α-hetero) is 1. The molecule has 0 fully saturated rings. The van der Waals surface area contributed by atoms with E-state index in [9.17, 15) is 9.59 Å². The van der Waals surface area contributed by atoms with Gasteiger partial charge in [0.1, 0.15) is 0 Å². The van der Waals surface area contributed by atoms with Gasteiger partial charge in [0.15, 0.2) is 6.61 Å². The highest BCUT2D eigenvalue weighted by molar-refractivity contribution is 7.12. The molecule has 28 heavy (non-hydrogen) atoms. The fourth-order valence-electron chi connectivity index (χ4n) is 3.70. The van der Waals surface area contributed by atoms with Crippen molar-refractivity contribution in [1.29, 1.82) is 0 Å². The third kappa shape index (κ3) is 3.70. The second kappa shape index (κ2) is 8.20. The second-order valence-corrected chi connectivity index (χ2v) is 7.88. The highest BCUT2D eigenvalue weighted by Crippen LogP contribution is 2.29. The zero-order valence-corrected chi connectivity index (χ0v) is 16.6. The fourth-order valence-corrected chi connectivity index (χ4v) is 4.35. The van der Waals surface area contributed by atoms with E-state index in [1.807, 2.05) is 35.7 Å². The third-order valence-electron chi connectivity index (χ3n) is 5.00. The molecule has 5 nitrogen and oxygen atoms in total. The first-order chi connectivity index (χ1) is 13.7. The third-order valence-corrected chi connectivity index (χ3v) is 5.91. The molecule has 0 radical (unpaired) electrons. The first-order valence-electron chi connectivity index (χ1n) is 9.54. The maximum atomic E-state index is 13.1. The van der Waals surface area contributed by atoms with Crippen molar-refractivity contribution in [3.63, 3.8) is 0 Å². The highest BCUT2D eigenvalue weighted by atomic mass is 32.1. The lowest BCUT2D eigenvalue weighted by Crippen LogP contribution is -2.33. The molecule has 3 heterocycles. The Kier molecular flexibility index (Phi) is 5.50. The Bertz CT molecular complexity index is 1010. The van der Waals surface area contributed by atoms with E-state index >= 15 is 0 Å². The number of ether oxygens (including phenoxy) is 1. The van der Waals surface area contributed by atoms with Crippen molar-refractivity contribution in [2.45, 2.75) is 26.3 Å². The average molecular weight is 394 g/mol. The van der Waals surface area contributed by atoms with E-state index in [4.69, 9.17) is 9.72 Å². The SMILES string of the molecule is CCCN1CCc2nc3ccccc3c(C(=O)OCC(=O)c3cccs3)c2C1. The van der Waals surface area contributed by atoms with Crippen molar-refractivity contribution in [3.8, 4) is 0 Å². The molecule has 1 aliphatic rings. The number of para-hydroxylation sites is 1. The summed E-state index contributed by atoms with van der Waals surface area (Å²) in [5, 5.41) is 2.62. The number of esters is 1. The number of pyridine rings is 1. The number of hydrogen-bond donors (Lipinski definition) is 0. The minimum atomic E-state index is -0.446. The van der Waals surface area contributed by atoms with Crippen LogP contribution in [0.25, 0.3) is 10.9 Å². The van der Waals surface area contributed by atoms with E-state index in [-0.39, 0.29) is 12.4 Å². The predicted octanol–water partition coefficient (Wildman–Crippen LogP) is 4.10. The number of thiophene rings is 1. The lowest BCUT2D eigenvalue weighted by Gasteiger charge is -2.29. The topological polar surface area (TPSA) is 59.5 Å². The molecule has 0 bridgehead atoms. The maximum absolute atomic E-state index is 13.1. The molecule has 0 aliphatic carbocycles. The minimum absolute atomic E-state index is 0.178. The molecule has 3 aromatic rings. The van der Waals surface area contributed by atoms with Gasteiger partial charge < -0.3 is 4.74 Å². The Labute approximate surface area is 168 Å². The standard InChI is InChI=1S/C22H22N2O3S/c1-2-10-24-11-9-18-16(13-24)21(15-6-3-4-7-17(15)23-18)22(26)27-14-19(25)20-8-5-12-28-20/h3-8,12H,2,9-11,13-14H2,1H3. The number of carbonyl (C=O) groups excluding carboxylic acids is 2. The van der Waals surface area contributed by atoms with Gasteiger partial charge in [-0.05, 0) is 30.5 Å². The van der Waals surface area contributed by atoms with Gasteiger partial charge in [-0.2, -0.15) is 0 Å². The summed E-state index contributed by atoms with van der Waals surface area (Å²) in [6, 6.07) is 11.2. The van der Waals surface area contributed by atoms with E-state index in [2.05, 4.69) is 11.8 Å². The van der Waals surface area contributed by atoms with Gasteiger partial charge in [0.2, 0.25) is 5.78 Å². The summed E-state index contributed by atoms with van der Waals surface area (Å²) in [6.07, 6.45) is 1.88. The number of hydrogen-bond acceptors (Lipinski definition) is 6. The first-order valence-corrected chi connectivity index (χ1v) is 10.4. The normalized spacial score (nSPS) is 14.0. The van der Waals surface area contributed by atoms with Crippen molar-refractivity contribution >= 4 is 34.0 Å². The van der Waals surface area contributed by atoms with E-state index in [0.717, 1.165) is 48.1 Å². The molecule has 2 aromatic heterocycles. The molecular formula is C22H22N2O3S. The number of nitrogens with zero attached hydrogens (tertiary/aromatic N) is 2. The molecule has 4 rings (SSSR count). The molecule has 0 atom stereocenters. The lowest BCUT2D eigenvalue weighted by atomic mass is 9.95. The Hall–Kier alpha value is -2.57. The zero-order valence-electron chi connectivity index (χ0n) is 15.8. The molecule has 0 amide bonds. The molecule has 1 aromatic carbocycles. The van der Waals surface area contributed by atoms with Crippen molar-refractivity contribution in [1.82, 2.24) is 9.88 Å². The molecule has 0 saturated carbocycles. The van der Waals surface area contributed by atoms with Crippen LogP contribution in [0.4, 0.5) is 0 Å². The average Bonchev–Trinajstić information content (AvgIpc) is 3.25. The van der Waals surface area contributed by atoms with E-state index in [1.165, 1.54) is 11.3 Å². The van der Waals surface area contributed by atoms with Gasteiger partial charge in [-0.15, -0.1) is 11.3 Å². The fraction of sp³-hybridized carbons (Fsp3) is 0.318. The predicted molar refractivity (Wildman–Crippen MR) is 110 cm³/mol. The summed E-state index contributed by atoms with van der Waals surface area (Å²) in [6.45, 7) is 4.52. The van der Waals surface area contributed by atoms with Crippen LogP contribution in [0.1, 0.15) is 44.6 Å². The monoisotopic (exact) mass is 394 g/mol. The molecular weight excluding hydrogens is 372 g/mol. The van der Waals surface area contributed by atoms with Crippen LogP contribution in [-0.2, 0) is 17.7 Å². The number of carbonyl (C=O) groups is 2. The van der Waals surface area contributed by atoms with Crippen molar-refractivity contribution in [2.75, 3.05) is 19.7 Å². The van der Waals surface area contributed by atoms with Crippen LogP contribution in [0.15, 0.2) is 41.8 Å². The van der Waals surface area contributed by atoms with Crippen LogP contribution in [0.3, 0.4) is 0 Å². The Morgan fingerprint density at radius 1 is 1.21 bits per heavy atom. The first kappa shape index (κ1) is 18.8. The van der Waals surface area contributed by atoms with E-state index < -0.39 is 5.97 Å². The van der Waals surface area contributed by atoms with Crippen LogP contribution in [-0.4, -0.2) is 41.3 Å². The molecule has 0 spiro atoms. The largest absolute Gasteiger partial charge is 0.454 e. The van der Waals surface area contributed by atoms with Gasteiger partial charge >= 0.3 is 5.97 Å². The quantitative estimate of drug-likeness (QED) is 0.465. The van der Waals surface area contributed by atoms with E-state index in [1.54, 1.807) is 6.07 Å². The van der Waals surface area contributed by atoms with Gasteiger partial charge in [0.05, 0.1) is 16.0 Å². The molecule has 144 valence electrons. The number of ketones is 1.